The molecule has 1 unspecified atom stereocenters. The Morgan fingerprint density at radius 2 is 1.73 bits per heavy atom. The lowest BCUT2D eigenvalue weighted by atomic mass is 9.74. The maximum atomic E-state index is 13.0. The minimum atomic E-state index is -1.27. The Hall–Kier alpha value is -4.26. The Morgan fingerprint density at radius 3 is 2.30 bits per heavy atom. The number of nitrogen functional groups attached to an aromatic ring is 2. The largest absolute Gasteiger partial charge is 0.468 e. The number of anilines is 2. The normalized spacial score (nSPS) is 12.0. The molecule has 0 aliphatic carbocycles. The van der Waals surface area contributed by atoms with Crippen LogP contribution < -0.4 is 11.5 Å². The predicted molar refractivity (Wildman–Crippen MR) is 124 cm³/mol. The number of hydrogen-bond donors (Lipinski definition) is 2. The predicted octanol–water partition coefficient (Wildman–Crippen LogP) is 2.07. The summed E-state index contributed by atoms with van der Waals surface area (Å²) in [6.07, 6.45) is 7.15. The minimum Gasteiger partial charge on any atom is -0.468 e. The summed E-state index contributed by atoms with van der Waals surface area (Å²) >= 11 is 0. The number of carbonyl (C=O) groups is 2. The minimum absolute atomic E-state index is 0.0185. The summed E-state index contributed by atoms with van der Waals surface area (Å²) in [5.41, 5.74) is 12.0. The van der Waals surface area contributed by atoms with Gasteiger partial charge in [0.2, 0.25) is 5.95 Å². The molecule has 3 aromatic rings. The zero-order valence-corrected chi connectivity index (χ0v) is 19.0. The molecule has 0 aliphatic heterocycles. The first kappa shape index (κ1) is 25.0. The Kier molecular flexibility index (Phi) is 8.23. The molecule has 10 nitrogen and oxygen atoms in total. The average Bonchev–Trinajstić information content (AvgIpc) is 2.84. The lowest BCUT2D eigenvalue weighted by molar-refractivity contribution is -0.147. The second-order valence-corrected chi connectivity index (χ2v) is 6.70. The lowest BCUT2D eigenvalue weighted by Gasteiger charge is -2.29. The molecule has 3 rings (SSSR count). The van der Waals surface area contributed by atoms with E-state index in [1.54, 1.807) is 24.3 Å². The Bertz CT molecular complexity index is 1190. The van der Waals surface area contributed by atoms with Gasteiger partial charge in [0, 0.05) is 12.8 Å². The van der Waals surface area contributed by atoms with Crippen molar-refractivity contribution in [3.63, 3.8) is 0 Å². The molecule has 33 heavy (non-hydrogen) atoms. The molecular formula is C23H26N6O4. The first-order chi connectivity index (χ1) is 15.8. The topological polar surface area (TPSA) is 156 Å². The van der Waals surface area contributed by atoms with Gasteiger partial charge in [-0.1, -0.05) is 26.0 Å². The molecule has 1 atom stereocenters. The summed E-state index contributed by atoms with van der Waals surface area (Å²) in [4.78, 5) is 41.3. The molecule has 0 saturated carbocycles. The number of esters is 2. The van der Waals surface area contributed by atoms with Crippen molar-refractivity contribution in [2.45, 2.75) is 32.1 Å². The van der Waals surface area contributed by atoms with Crippen molar-refractivity contribution in [3.8, 4) is 12.3 Å². The monoisotopic (exact) mass is 450 g/mol. The summed E-state index contributed by atoms with van der Waals surface area (Å²) in [6, 6.07) is 6.37. The standard InChI is InChI=1S/C21H20N6O4.C2H6/c1-4-9-21(19(29)31-3,13-7-5-12(6-8-13)18(28)30-2)10-14-11-24-17-15(25-14)16(22)26-20(23)27-17;1-2/h1,5-8,11H,9-10H2,2-3H3,(H4,22,23,24,26,27);1-2H3. The Balaban J connectivity index is 0.00000187. The highest BCUT2D eigenvalue weighted by molar-refractivity contribution is 5.90. The van der Waals surface area contributed by atoms with E-state index in [1.165, 1.54) is 20.4 Å². The van der Waals surface area contributed by atoms with Gasteiger partial charge >= 0.3 is 11.9 Å². The molecule has 1 aromatic carbocycles. The highest BCUT2D eigenvalue weighted by atomic mass is 16.5. The van der Waals surface area contributed by atoms with E-state index >= 15 is 0 Å². The number of carbonyl (C=O) groups excluding carboxylic acids is 2. The van der Waals surface area contributed by atoms with E-state index in [0.717, 1.165) is 0 Å². The fraction of sp³-hybridized carbons (Fsp3) is 0.304. The smallest absolute Gasteiger partial charge is 0.337 e. The van der Waals surface area contributed by atoms with Crippen LogP contribution in [-0.4, -0.2) is 46.1 Å². The van der Waals surface area contributed by atoms with Crippen LogP contribution >= 0.6 is 0 Å². The third-order valence-electron chi connectivity index (χ3n) is 4.82. The van der Waals surface area contributed by atoms with E-state index in [9.17, 15) is 9.59 Å². The highest BCUT2D eigenvalue weighted by Crippen LogP contribution is 2.34. The van der Waals surface area contributed by atoms with Crippen LogP contribution in [0.15, 0.2) is 30.5 Å². The maximum absolute atomic E-state index is 13.0. The summed E-state index contributed by atoms with van der Waals surface area (Å²) in [6.45, 7) is 4.00. The van der Waals surface area contributed by atoms with Crippen molar-refractivity contribution in [1.82, 2.24) is 19.9 Å². The summed E-state index contributed by atoms with van der Waals surface area (Å²) < 4.78 is 9.80. The average molecular weight is 450 g/mol. The Morgan fingerprint density at radius 1 is 1.06 bits per heavy atom. The van der Waals surface area contributed by atoms with Crippen LogP contribution in [-0.2, 0) is 26.1 Å². The fourth-order valence-electron chi connectivity index (χ4n) is 3.32. The van der Waals surface area contributed by atoms with E-state index in [-0.39, 0.29) is 35.8 Å². The van der Waals surface area contributed by atoms with E-state index in [0.29, 0.717) is 16.8 Å². The molecule has 10 heteroatoms. The number of methoxy groups -OCH3 is 2. The highest BCUT2D eigenvalue weighted by Gasteiger charge is 2.42. The van der Waals surface area contributed by atoms with Crippen molar-refractivity contribution >= 4 is 34.9 Å². The second-order valence-electron chi connectivity index (χ2n) is 6.70. The summed E-state index contributed by atoms with van der Waals surface area (Å²) in [5, 5.41) is 0. The second kappa shape index (κ2) is 10.9. The van der Waals surface area contributed by atoms with Crippen LogP contribution in [0, 0.1) is 12.3 Å². The zero-order valence-electron chi connectivity index (χ0n) is 19.0. The molecule has 0 saturated heterocycles. The van der Waals surface area contributed by atoms with E-state index < -0.39 is 17.4 Å². The van der Waals surface area contributed by atoms with Crippen molar-refractivity contribution in [2.24, 2.45) is 0 Å². The number of nitrogens with zero attached hydrogens (tertiary/aromatic N) is 4. The van der Waals surface area contributed by atoms with E-state index in [2.05, 4.69) is 25.9 Å². The van der Waals surface area contributed by atoms with Gasteiger partial charge in [0.15, 0.2) is 17.0 Å². The van der Waals surface area contributed by atoms with Gasteiger partial charge in [0.1, 0.15) is 5.41 Å². The van der Waals surface area contributed by atoms with Crippen LogP contribution in [0.25, 0.3) is 11.2 Å². The molecule has 0 fully saturated rings. The Labute approximate surface area is 191 Å². The molecule has 0 amide bonds. The van der Waals surface area contributed by atoms with Crippen molar-refractivity contribution < 1.29 is 19.1 Å². The van der Waals surface area contributed by atoms with E-state index in [4.69, 9.17) is 27.4 Å². The fourth-order valence-corrected chi connectivity index (χ4v) is 3.32. The first-order valence-corrected chi connectivity index (χ1v) is 10.1. The van der Waals surface area contributed by atoms with Gasteiger partial charge < -0.3 is 20.9 Å². The molecule has 0 aliphatic rings. The quantitative estimate of drug-likeness (QED) is 0.421. The SMILES string of the molecule is C#CCC(Cc1cnc2nc(N)nc(N)c2n1)(C(=O)OC)c1ccc(C(=O)OC)cc1.CC. The number of hydrogen-bond acceptors (Lipinski definition) is 10. The molecule has 4 N–H and O–H groups in total. The number of terminal acetylenes is 1. The molecule has 0 radical (unpaired) electrons. The summed E-state index contributed by atoms with van der Waals surface area (Å²) in [7, 11) is 2.56. The summed E-state index contributed by atoms with van der Waals surface area (Å²) in [5.74, 6) is 1.54. The maximum Gasteiger partial charge on any atom is 0.337 e. The number of benzene rings is 1. The molecule has 172 valence electrons. The van der Waals surface area contributed by atoms with Gasteiger partial charge in [0.05, 0.1) is 31.7 Å². The number of nitrogens with two attached hydrogens (primary N) is 2. The number of fused-ring (bicyclic) bond motifs is 1. The molecule has 2 aromatic heterocycles. The molecule has 0 bridgehead atoms. The van der Waals surface area contributed by atoms with Crippen LogP contribution in [0.2, 0.25) is 0 Å². The molecule has 2 heterocycles. The number of ether oxygens (including phenoxy) is 2. The third-order valence-corrected chi connectivity index (χ3v) is 4.82. The zero-order chi connectivity index (χ0) is 24.6. The lowest BCUT2D eigenvalue weighted by Crippen LogP contribution is -2.39. The van der Waals surface area contributed by atoms with Crippen LogP contribution in [0.5, 0.6) is 0 Å². The van der Waals surface area contributed by atoms with Gasteiger partial charge in [-0.2, -0.15) is 9.97 Å². The third kappa shape index (κ3) is 5.15. The van der Waals surface area contributed by atoms with Crippen LogP contribution in [0.3, 0.4) is 0 Å². The van der Waals surface area contributed by atoms with Crippen molar-refractivity contribution in [3.05, 3.63) is 47.3 Å². The van der Waals surface area contributed by atoms with Gasteiger partial charge in [-0.25, -0.2) is 14.8 Å². The first-order valence-electron chi connectivity index (χ1n) is 10.1. The number of rotatable bonds is 6. The van der Waals surface area contributed by atoms with Gasteiger partial charge in [-0.15, -0.1) is 12.3 Å². The van der Waals surface area contributed by atoms with Crippen molar-refractivity contribution in [2.75, 3.05) is 25.7 Å². The van der Waals surface area contributed by atoms with Gasteiger partial charge in [-0.05, 0) is 17.7 Å². The van der Waals surface area contributed by atoms with Crippen LogP contribution in [0.1, 0.15) is 41.9 Å². The van der Waals surface area contributed by atoms with E-state index in [1.807, 2.05) is 13.8 Å². The van der Waals surface area contributed by atoms with Gasteiger partial charge in [0.25, 0.3) is 0 Å². The molecular weight excluding hydrogens is 424 g/mol. The van der Waals surface area contributed by atoms with Crippen molar-refractivity contribution in [1.29, 1.82) is 0 Å². The van der Waals surface area contributed by atoms with Gasteiger partial charge in [-0.3, -0.25) is 4.79 Å². The molecule has 0 spiro atoms. The number of aromatic nitrogens is 4. The van der Waals surface area contributed by atoms with Crippen LogP contribution in [0.4, 0.5) is 11.8 Å².